The number of benzene rings is 4. The first-order chi connectivity index (χ1) is 20.0. The van der Waals surface area contributed by atoms with Gasteiger partial charge in [-0.15, -0.1) is 0 Å². The van der Waals surface area contributed by atoms with E-state index in [4.69, 9.17) is 29.3 Å². The Balaban J connectivity index is 0.000000247. The van der Waals surface area contributed by atoms with Crippen LogP contribution in [0.2, 0.25) is 0 Å². The van der Waals surface area contributed by atoms with Crippen LogP contribution < -0.4 is 20.1 Å². The van der Waals surface area contributed by atoms with Crippen LogP contribution in [0.25, 0.3) is 21.5 Å². The molecule has 0 heterocycles. The minimum atomic E-state index is -1.82. The molecule has 4 rings (SSSR count). The summed E-state index contributed by atoms with van der Waals surface area (Å²) in [5.74, 6) is -1.92. The van der Waals surface area contributed by atoms with E-state index in [2.05, 4.69) is 47.0 Å². The summed E-state index contributed by atoms with van der Waals surface area (Å²) in [4.78, 5) is 39.9. The largest absolute Gasteiger partial charge is 0.497 e. The average Bonchev–Trinajstić information content (AvgIpc) is 2.97. The third kappa shape index (κ3) is 10.8. The lowest BCUT2D eigenvalue weighted by atomic mass is 10.0. The molecule has 0 saturated heterocycles. The number of hydrogen-bond acceptors (Lipinski definition) is 6. The Hall–Kier alpha value is -5.12. The van der Waals surface area contributed by atoms with Gasteiger partial charge in [-0.1, -0.05) is 48.5 Å². The zero-order chi connectivity index (χ0) is 31.1. The lowest BCUT2D eigenvalue weighted by molar-refractivity contribution is -0.159. The third-order valence-corrected chi connectivity index (χ3v) is 6.08. The second-order valence-corrected chi connectivity index (χ2v) is 9.08. The third-order valence-electron chi connectivity index (χ3n) is 6.08. The summed E-state index contributed by atoms with van der Waals surface area (Å²) >= 11 is 0. The van der Waals surface area contributed by atoms with Gasteiger partial charge >= 0.3 is 11.9 Å². The van der Waals surface area contributed by atoms with Crippen molar-refractivity contribution in [2.24, 2.45) is 0 Å². The van der Waals surface area contributed by atoms with Crippen molar-refractivity contribution >= 4 is 45.3 Å². The predicted molar refractivity (Wildman–Crippen MR) is 161 cm³/mol. The Kier molecular flexibility index (Phi) is 13.3. The van der Waals surface area contributed by atoms with Gasteiger partial charge in [-0.05, 0) is 69.8 Å². The molecule has 0 bridgehead atoms. The van der Waals surface area contributed by atoms with Gasteiger partial charge in [0.1, 0.15) is 11.5 Å². The monoisotopic (exact) mass is 576 g/mol. The fourth-order valence-corrected chi connectivity index (χ4v) is 4.07. The quantitative estimate of drug-likeness (QED) is 0.228. The molecule has 0 fully saturated rings. The molecule has 0 aromatic heterocycles. The van der Waals surface area contributed by atoms with Crippen molar-refractivity contribution in [3.05, 3.63) is 83.9 Å². The molecular weight excluding hydrogens is 540 g/mol. The van der Waals surface area contributed by atoms with Crippen LogP contribution >= 0.6 is 0 Å². The van der Waals surface area contributed by atoms with Crippen molar-refractivity contribution in [2.75, 3.05) is 27.3 Å². The highest BCUT2D eigenvalue weighted by Crippen LogP contribution is 2.25. The second-order valence-electron chi connectivity index (χ2n) is 9.08. The van der Waals surface area contributed by atoms with Crippen LogP contribution in [0.4, 0.5) is 0 Å². The molecule has 0 spiro atoms. The number of amides is 2. The van der Waals surface area contributed by atoms with E-state index in [9.17, 15) is 9.59 Å². The number of rotatable bonds is 8. The van der Waals surface area contributed by atoms with Gasteiger partial charge in [-0.25, -0.2) is 9.59 Å². The van der Waals surface area contributed by atoms with Gasteiger partial charge in [0.05, 0.1) is 14.2 Å². The minimum absolute atomic E-state index is 0.00724. The molecule has 0 aliphatic carbocycles. The van der Waals surface area contributed by atoms with Crippen LogP contribution in [0.1, 0.15) is 25.0 Å². The number of methoxy groups -OCH3 is 2. The lowest BCUT2D eigenvalue weighted by Gasteiger charge is -2.08. The Morgan fingerprint density at radius 2 is 1.00 bits per heavy atom. The normalized spacial score (nSPS) is 9.90. The van der Waals surface area contributed by atoms with Crippen molar-refractivity contribution in [2.45, 2.75) is 26.7 Å². The van der Waals surface area contributed by atoms with Crippen molar-refractivity contribution in [3.63, 3.8) is 0 Å². The fourth-order valence-electron chi connectivity index (χ4n) is 4.07. The van der Waals surface area contributed by atoms with Gasteiger partial charge in [0.15, 0.2) is 0 Å². The highest BCUT2D eigenvalue weighted by atomic mass is 16.5. The van der Waals surface area contributed by atoms with Crippen LogP contribution in [0, 0.1) is 0 Å². The van der Waals surface area contributed by atoms with E-state index in [1.165, 1.54) is 46.5 Å². The summed E-state index contributed by atoms with van der Waals surface area (Å²) < 4.78 is 10.5. The summed E-state index contributed by atoms with van der Waals surface area (Å²) in [6, 6.07) is 24.5. The number of fused-ring (bicyclic) bond motifs is 2. The van der Waals surface area contributed by atoms with E-state index in [1.54, 1.807) is 14.2 Å². The summed E-state index contributed by atoms with van der Waals surface area (Å²) in [5.41, 5.74) is 2.44. The summed E-state index contributed by atoms with van der Waals surface area (Å²) in [6.07, 6.45) is 1.65. The number of carbonyl (C=O) groups excluding carboxylic acids is 2. The van der Waals surface area contributed by atoms with E-state index in [0.717, 1.165) is 24.3 Å². The standard InChI is InChI=1S/2C15H17NO2.C2H2O4/c2*1-11(17)16-9-8-13-5-3-4-12-6-7-14(18-2)10-15(12)13;3-1(4)2(5)6/h2*3-7,10H,8-9H2,1-2H3,(H,16,17);(H,3,4)(H,5,6). The molecule has 0 radical (unpaired) electrons. The van der Waals surface area contributed by atoms with E-state index >= 15 is 0 Å². The molecular formula is C32H36N2O8. The molecule has 222 valence electrons. The molecule has 0 atom stereocenters. The molecule has 0 unspecified atom stereocenters. The lowest BCUT2D eigenvalue weighted by Crippen LogP contribution is -2.22. The van der Waals surface area contributed by atoms with Gasteiger partial charge < -0.3 is 30.3 Å². The molecule has 10 nitrogen and oxygen atoms in total. The molecule has 10 heteroatoms. The van der Waals surface area contributed by atoms with Gasteiger partial charge in [0.2, 0.25) is 11.8 Å². The maximum atomic E-state index is 10.9. The first-order valence-corrected chi connectivity index (χ1v) is 13.1. The number of nitrogens with one attached hydrogen (secondary N) is 2. The molecule has 0 saturated carbocycles. The van der Waals surface area contributed by atoms with Crippen LogP contribution in [-0.2, 0) is 32.0 Å². The first kappa shape index (κ1) is 33.1. The van der Waals surface area contributed by atoms with Crippen molar-refractivity contribution in [3.8, 4) is 11.5 Å². The average molecular weight is 577 g/mol. The van der Waals surface area contributed by atoms with E-state index in [-0.39, 0.29) is 11.8 Å². The van der Waals surface area contributed by atoms with Gasteiger partial charge in [0.25, 0.3) is 0 Å². The minimum Gasteiger partial charge on any atom is -0.497 e. The number of carboxylic acid groups (broad SMARTS) is 2. The maximum absolute atomic E-state index is 10.9. The van der Waals surface area contributed by atoms with Gasteiger partial charge in [0, 0.05) is 26.9 Å². The number of aliphatic carboxylic acids is 2. The van der Waals surface area contributed by atoms with Crippen LogP contribution in [-0.4, -0.2) is 61.3 Å². The molecule has 2 amide bonds. The smallest absolute Gasteiger partial charge is 0.414 e. The zero-order valence-corrected chi connectivity index (χ0v) is 24.1. The Labute approximate surface area is 244 Å². The topological polar surface area (TPSA) is 151 Å². The van der Waals surface area contributed by atoms with E-state index in [1.807, 2.05) is 36.4 Å². The van der Waals surface area contributed by atoms with Crippen molar-refractivity contribution in [1.82, 2.24) is 10.6 Å². The summed E-state index contributed by atoms with van der Waals surface area (Å²) in [6.45, 7) is 4.38. The highest BCUT2D eigenvalue weighted by molar-refractivity contribution is 6.27. The molecule has 0 aliphatic heterocycles. The Morgan fingerprint density at radius 1 is 0.619 bits per heavy atom. The van der Waals surface area contributed by atoms with Crippen LogP contribution in [0.5, 0.6) is 11.5 Å². The fraction of sp³-hybridized carbons (Fsp3) is 0.250. The number of ether oxygens (including phenoxy) is 2. The highest BCUT2D eigenvalue weighted by Gasteiger charge is 2.05. The molecule has 4 aromatic carbocycles. The molecule has 42 heavy (non-hydrogen) atoms. The molecule has 4 aromatic rings. The Morgan fingerprint density at radius 3 is 1.31 bits per heavy atom. The second kappa shape index (κ2) is 16.9. The molecule has 0 aliphatic rings. The predicted octanol–water partition coefficient (Wildman–Crippen LogP) is 4.21. The summed E-state index contributed by atoms with van der Waals surface area (Å²) in [7, 11) is 3.34. The Bertz CT molecular complexity index is 1420. The SMILES string of the molecule is COc1ccc2cccc(CCNC(C)=O)c2c1.COc1ccc2cccc(CCNC(C)=O)c2c1.O=C(O)C(=O)O. The van der Waals surface area contributed by atoms with Gasteiger partial charge in [-0.2, -0.15) is 0 Å². The zero-order valence-electron chi connectivity index (χ0n) is 24.1. The van der Waals surface area contributed by atoms with E-state index < -0.39 is 11.9 Å². The number of carboxylic acids is 2. The molecule has 4 N–H and O–H groups in total. The maximum Gasteiger partial charge on any atom is 0.414 e. The number of hydrogen-bond donors (Lipinski definition) is 4. The summed E-state index contributed by atoms with van der Waals surface area (Å²) in [5, 5.41) is 25.2. The van der Waals surface area contributed by atoms with Crippen molar-refractivity contribution < 1.29 is 38.9 Å². The van der Waals surface area contributed by atoms with E-state index in [0.29, 0.717) is 13.1 Å². The van der Waals surface area contributed by atoms with Gasteiger partial charge in [-0.3, -0.25) is 9.59 Å². The number of carbonyl (C=O) groups is 4. The first-order valence-electron chi connectivity index (χ1n) is 13.1. The van der Waals surface area contributed by atoms with Crippen LogP contribution in [0.3, 0.4) is 0 Å². The van der Waals surface area contributed by atoms with Crippen LogP contribution in [0.15, 0.2) is 72.8 Å². The van der Waals surface area contributed by atoms with Crippen molar-refractivity contribution in [1.29, 1.82) is 0 Å².